The molecule has 2 fully saturated rings. The molecule has 2 N–H and O–H groups in total. The smallest absolute Gasteiger partial charge is 0.238 e. The number of carbonyl (C=O) groups is 3. The number of likely N-dealkylation sites (tertiary alicyclic amines) is 1. The number of sulfonamides is 1. The van der Waals surface area contributed by atoms with Crippen molar-refractivity contribution in [3.8, 4) is 0 Å². The van der Waals surface area contributed by atoms with Gasteiger partial charge in [0.15, 0.2) is 0 Å². The quantitative estimate of drug-likeness (QED) is 0.353. The Bertz CT molecular complexity index is 1870. The molecule has 1 spiro atoms. The van der Waals surface area contributed by atoms with Crippen LogP contribution in [0.4, 0.5) is 10.1 Å². The predicted molar refractivity (Wildman–Crippen MR) is 178 cm³/mol. The topological polar surface area (TPSA) is 116 Å². The van der Waals surface area contributed by atoms with Crippen molar-refractivity contribution in [2.75, 3.05) is 37.8 Å². The van der Waals surface area contributed by atoms with Gasteiger partial charge in [0.1, 0.15) is 11.2 Å². The van der Waals surface area contributed by atoms with E-state index in [1.807, 2.05) is 13.0 Å². The number of benzene rings is 3. The van der Waals surface area contributed by atoms with Crippen LogP contribution in [0.25, 0.3) is 0 Å². The zero-order valence-corrected chi connectivity index (χ0v) is 28.3. The summed E-state index contributed by atoms with van der Waals surface area (Å²) in [5.74, 6) is -2.41. The summed E-state index contributed by atoms with van der Waals surface area (Å²) in [6, 6.07) is 15.6. The summed E-state index contributed by atoms with van der Waals surface area (Å²) in [4.78, 5) is 43.6. The highest BCUT2D eigenvalue weighted by Crippen LogP contribution is 2.60. The summed E-state index contributed by atoms with van der Waals surface area (Å²) >= 11 is 12.8. The maximum absolute atomic E-state index is 15.0. The van der Waals surface area contributed by atoms with Crippen LogP contribution < -0.4 is 10.6 Å². The zero-order chi connectivity index (χ0) is 33.7. The van der Waals surface area contributed by atoms with E-state index in [1.54, 1.807) is 47.4 Å². The van der Waals surface area contributed by atoms with Gasteiger partial charge in [0.05, 0.1) is 12.3 Å². The number of fused-ring (bicyclic) bond motifs is 2. The minimum atomic E-state index is -3.33. The summed E-state index contributed by atoms with van der Waals surface area (Å²) in [6.45, 7) is 2.46. The molecule has 3 aromatic rings. The number of hydrogen-bond acceptors (Lipinski definition) is 5. The molecule has 9 nitrogen and oxygen atoms in total. The third-order valence-electron chi connectivity index (χ3n) is 9.78. The van der Waals surface area contributed by atoms with Crippen molar-refractivity contribution in [2.24, 2.45) is 5.92 Å². The molecule has 3 aliphatic rings. The first-order valence-electron chi connectivity index (χ1n) is 15.5. The Morgan fingerprint density at radius 3 is 2.47 bits per heavy atom. The zero-order valence-electron chi connectivity index (χ0n) is 25.9. The van der Waals surface area contributed by atoms with E-state index in [4.69, 9.17) is 23.2 Å². The van der Waals surface area contributed by atoms with Gasteiger partial charge in [-0.15, -0.1) is 0 Å². The molecule has 3 unspecified atom stereocenters. The van der Waals surface area contributed by atoms with Gasteiger partial charge in [-0.25, -0.2) is 17.1 Å². The number of nitrogens with zero attached hydrogens (tertiary/aromatic N) is 2. The van der Waals surface area contributed by atoms with Crippen LogP contribution in [0.2, 0.25) is 10.0 Å². The minimum absolute atomic E-state index is 0.0431. The Kier molecular flexibility index (Phi) is 9.12. The molecular weight excluding hydrogens is 666 g/mol. The maximum atomic E-state index is 15.0. The summed E-state index contributed by atoms with van der Waals surface area (Å²) in [6.07, 6.45) is 1.88. The number of halogens is 3. The van der Waals surface area contributed by atoms with E-state index in [-0.39, 0.29) is 56.2 Å². The van der Waals surface area contributed by atoms with Gasteiger partial charge in [-0.1, -0.05) is 47.5 Å². The van der Waals surface area contributed by atoms with E-state index in [9.17, 15) is 22.8 Å². The van der Waals surface area contributed by atoms with E-state index in [1.165, 1.54) is 16.4 Å². The number of hydrogen-bond donors (Lipinski definition) is 2. The van der Waals surface area contributed by atoms with Crippen LogP contribution in [0.3, 0.4) is 0 Å². The number of aryl methyl sites for hydroxylation is 1. The average Bonchev–Trinajstić information content (AvgIpc) is 3.30. The molecule has 0 aliphatic carbocycles. The van der Waals surface area contributed by atoms with E-state index in [0.29, 0.717) is 50.8 Å². The largest absolute Gasteiger partial charge is 0.354 e. The van der Waals surface area contributed by atoms with Crippen LogP contribution >= 0.6 is 23.2 Å². The number of amides is 3. The number of piperidine rings is 2. The fourth-order valence-electron chi connectivity index (χ4n) is 7.55. The maximum Gasteiger partial charge on any atom is 0.238 e. The molecule has 3 amide bonds. The van der Waals surface area contributed by atoms with E-state index in [2.05, 4.69) is 10.6 Å². The Labute approximate surface area is 283 Å². The van der Waals surface area contributed by atoms with E-state index in [0.717, 1.165) is 6.26 Å². The number of carbonyl (C=O) groups excluding carboxylic acids is 3. The van der Waals surface area contributed by atoms with Gasteiger partial charge in [0.25, 0.3) is 0 Å². The van der Waals surface area contributed by atoms with Crippen molar-refractivity contribution in [2.45, 2.75) is 43.6 Å². The Morgan fingerprint density at radius 2 is 1.77 bits per heavy atom. The second kappa shape index (κ2) is 12.8. The first-order chi connectivity index (χ1) is 22.3. The van der Waals surface area contributed by atoms with Gasteiger partial charge in [-0.2, -0.15) is 0 Å². The van der Waals surface area contributed by atoms with Gasteiger partial charge in [0, 0.05) is 60.2 Å². The number of rotatable bonds is 7. The first kappa shape index (κ1) is 33.4. The fourth-order valence-corrected chi connectivity index (χ4v) is 8.79. The van der Waals surface area contributed by atoms with Crippen LogP contribution in [0, 0.1) is 18.7 Å². The summed E-state index contributed by atoms with van der Waals surface area (Å²) in [5, 5.41) is 6.81. The molecule has 6 rings (SSSR count). The lowest BCUT2D eigenvalue weighted by molar-refractivity contribution is -0.146. The first-order valence-corrected chi connectivity index (χ1v) is 18.1. The van der Waals surface area contributed by atoms with Gasteiger partial charge >= 0.3 is 0 Å². The van der Waals surface area contributed by atoms with Crippen LogP contribution in [-0.4, -0.2) is 67.8 Å². The molecular formula is C34H35Cl2FN4O5S. The van der Waals surface area contributed by atoms with Gasteiger partial charge in [0.2, 0.25) is 27.7 Å². The molecule has 0 aromatic heterocycles. The number of anilines is 1. The Balaban J connectivity index is 1.40. The lowest BCUT2D eigenvalue weighted by Crippen LogP contribution is -2.59. The second-order valence-electron chi connectivity index (χ2n) is 12.5. The standard InChI is InChI=1S/C34H35Cl2FN4O5S/c1-20-6-8-25(37)18-26(20)31-34(27-9-7-24(36)17-29(27)39-33(34)44)28(22-4-3-5-23(35)16-22)19-30(42)41(31)15-12-38-32(43)21-10-13-40(14-11-21)47(2,45)46/h3-9,16-18,21,28,31H,10-15,19H2,1-2H3,(H,38,43)(H,39,44). The highest BCUT2D eigenvalue weighted by Gasteiger charge is 2.63. The molecule has 2 saturated heterocycles. The Morgan fingerprint density at radius 1 is 1.04 bits per heavy atom. The van der Waals surface area contributed by atoms with Crippen molar-refractivity contribution in [3.63, 3.8) is 0 Å². The highest BCUT2D eigenvalue weighted by molar-refractivity contribution is 7.88. The van der Waals surface area contributed by atoms with Crippen molar-refractivity contribution < 1.29 is 27.2 Å². The van der Waals surface area contributed by atoms with E-state index < -0.39 is 33.2 Å². The summed E-state index contributed by atoms with van der Waals surface area (Å²) < 4.78 is 40.2. The highest BCUT2D eigenvalue weighted by atomic mass is 35.5. The second-order valence-corrected chi connectivity index (χ2v) is 15.4. The predicted octanol–water partition coefficient (Wildman–Crippen LogP) is 5.18. The monoisotopic (exact) mass is 700 g/mol. The summed E-state index contributed by atoms with van der Waals surface area (Å²) in [5.41, 5.74) is 1.59. The molecule has 3 aliphatic heterocycles. The molecule has 0 radical (unpaired) electrons. The van der Waals surface area contributed by atoms with E-state index >= 15 is 4.39 Å². The lowest BCUT2D eigenvalue weighted by atomic mass is 9.58. The van der Waals surface area contributed by atoms with Crippen molar-refractivity contribution in [1.29, 1.82) is 0 Å². The molecule has 3 atom stereocenters. The van der Waals surface area contributed by atoms with Crippen molar-refractivity contribution in [1.82, 2.24) is 14.5 Å². The lowest BCUT2D eigenvalue weighted by Gasteiger charge is -2.52. The van der Waals surface area contributed by atoms with Crippen LogP contribution in [-0.2, 0) is 29.8 Å². The molecule has 0 saturated carbocycles. The molecule has 248 valence electrons. The summed E-state index contributed by atoms with van der Waals surface area (Å²) in [7, 11) is -3.33. The van der Waals surface area contributed by atoms with Crippen molar-refractivity contribution in [3.05, 3.63) is 98.8 Å². The minimum Gasteiger partial charge on any atom is -0.354 e. The molecule has 3 heterocycles. The molecule has 13 heteroatoms. The van der Waals surface area contributed by atoms with Crippen molar-refractivity contribution >= 4 is 56.6 Å². The third-order valence-corrected chi connectivity index (χ3v) is 11.5. The van der Waals surface area contributed by atoms with Gasteiger partial charge in [-0.05, 0) is 78.4 Å². The average molecular weight is 702 g/mol. The van der Waals surface area contributed by atoms with Gasteiger partial charge in [-0.3, -0.25) is 14.4 Å². The molecule has 3 aromatic carbocycles. The molecule has 47 heavy (non-hydrogen) atoms. The van der Waals surface area contributed by atoms with Gasteiger partial charge < -0.3 is 15.5 Å². The van der Waals surface area contributed by atoms with Crippen LogP contribution in [0.5, 0.6) is 0 Å². The molecule has 0 bridgehead atoms. The third kappa shape index (κ3) is 6.14. The van der Waals surface area contributed by atoms with Crippen LogP contribution in [0.1, 0.15) is 53.5 Å². The normalized spacial score (nSPS) is 23.6. The Hall–Kier alpha value is -3.51. The SMILES string of the molecule is Cc1ccc(F)cc1C1N(CCNC(=O)C2CCN(S(C)(=O)=O)CC2)C(=O)CC(c2cccc(Cl)c2)C12C(=O)Nc1cc(Cl)ccc12. The van der Waals surface area contributed by atoms with Crippen LogP contribution in [0.15, 0.2) is 60.7 Å². The number of nitrogens with one attached hydrogen (secondary N) is 2. The fraction of sp³-hybridized carbons (Fsp3) is 0.382.